The smallest absolute Gasteiger partial charge is 0.231 e. The average Bonchev–Trinajstić information content (AvgIpc) is 3.28. The van der Waals surface area contributed by atoms with Crippen LogP contribution in [-0.2, 0) is 6.54 Å². The number of benzene rings is 2. The minimum atomic E-state index is 0.168. The Morgan fingerprint density at radius 3 is 2.81 bits per heavy atom. The lowest BCUT2D eigenvalue weighted by molar-refractivity contribution is 0.173. The quantitative estimate of drug-likeness (QED) is 0.471. The number of hydrogen-bond donors (Lipinski definition) is 2. The summed E-state index contributed by atoms with van der Waals surface area (Å²) in [5, 5.41) is 8.04. The van der Waals surface area contributed by atoms with Crippen molar-refractivity contribution in [2.24, 2.45) is 5.10 Å². The van der Waals surface area contributed by atoms with Gasteiger partial charge in [0.05, 0.1) is 11.2 Å². The highest BCUT2D eigenvalue weighted by Gasteiger charge is 2.17. The molecule has 0 unspecified atom stereocenters. The van der Waals surface area contributed by atoms with Crippen molar-refractivity contribution in [3.8, 4) is 23.0 Å². The van der Waals surface area contributed by atoms with Crippen LogP contribution in [0.25, 0.3) is 0 Å². The third-order valence-corrected chi connectivity index (χ3v) is 4.24. The molecule has 0 saturated heterocycles. The van der Waals surface area contributed by atoms with Crippen molar-refractivity contribution >= 4 is 35.1 Å². The molecule has 2 aromatic carbocycles. The number of ether oxygens (including phenoxy) is 4. The third kappa shape index (κ3) is 3.61. The van der Waals surface area contributed by atoms with Gasteiger partial charge in [0.15, 0.2) is 28.1 Å². The molecule has 9 heteroatoms. The maximum absolute atomic E-state index is 6.13. The second kappa shape index (κ2) is 7.27. The number of hydrogen-bond acceptors (Lipinski definition) is 6. The predicted molar refractivity (Wildman–Crippen MR) is 100 cm³/mol. The van der Waals surface area contributed by atoms with Gasteiger partial charge in [0.25, 0.3) is 0 Å². The summed E-state index contributed by atoms with van der Waals surface area (Å²) in [7, 11) is 0. The van der Waals surface area contributed by atoms with Gasteiger partial charge in [-0.05, 0) is 47.6 Å². The first-order valence-electron chi connectivity index (χ1n) is 7.73. The monoisotopic (exact) mass is 391 g/mol. The predicted octanol–water partition coefficient (Wildman–Crippen LogP) is 2.80. The minimum absolute atomic E-state index is 0.168. The summed E-state index contributed by atoms with van der Waals surface area (Å²) in [6.07, 6.45) is 1.60. The Morgan fingerprint density at radius 1 is 1.08 bits per heavy atom. The van der Waals surface area contributed by atoms with Crippen LogP contribution in [0.15, 0.2) is 35.4 Å². The van der Waals surface area contributed by atoms with Crippen molar-refractivity contribution in [1.82, 2.24) is 10.7 Å². The molecule has 2 aliphatic heterocycles. The number of hydrazone groups is 1. The van der Waals surface area contributed by atoms with Crippen molar-refractivity contribution in [2.75, 3.05) is 13.6 Å². The van der Waals surface area contributed by atoms with Crippen LogP contribution in [0.2, 0.25) is 5.02 Å². The molecular weight excluding hydrogens is 378 g/mol. The van der Waals surface area contributed by atoms with Crippen LogP contribution in [0.4, 0.5) is 0 Å². The maximum atomic E-state index is 6.13. The van der Waals surface area contributed by atoms with Gasteiger partial charge in [-0.2, -0.15) is 5.10 Å². The Labute approximate surface area is 159 Å². The van der Waals surface area contributed by atoms with E-state index in [1.807, 2.05) is 18.2 Å². The fourth-order valence-corrected chi connectivity index (χ4v) is 2.90. The molecule has 0 radical (unpaired) electrons. The highest BCUT2D eigenvalue weighted by molar-refractivity contribution is 7.80. The van der Waals surface area contributed by atoms with Crippen molar-refractivity contribution in [3.05, 3.63) is 46.5 Å². The molecule has 2 heterocycles. The summed E-state index contributed by atoms with van der Waals surface area (Å²) in [4.78, 5) is 0. The topological polar surface area (TPSA) is 73.3 Å². The van der Waals surface area contributed by atoms with E-state index in [1.54, 1.807) is 18.3 Å². The molecule has 2 N–H and O–H groups in total. The summed E-state index contributed by atoms with van der Waals surface area (Å²) in [6.45, 7) is 0.959. The number of nitrogens with zero attached hydrogens (tertiary/aromatic N) is 1. The van der Waals surface area contributed by atoms with Crippen LogP contribution in [0.1, 0.15) is 11.1 Å². The zero-order valence-corrected chi connectivity index (χ0v) is 15.0. The Morgan fingerprint density at radius 2 is 1.88 bits per heavy atom. The third-order valence-electron chi connectivity index (χ3n) is 3.72. The molecule has 0 bridgehead atoms. The molecule has 0 aliphatic carbocycles. The fourth-order valence-electron chi connectivity index (χ4n) is 2.50. The molecule has 0 fully saturated rings. The molecule has 26 heavy (non-hydrogen) atoms. The Bertz CT molecular complexity index is 891. The molecule has 0 spiro atoms. The minimum Gasteiger partial charge on any atom is -0.454 e. The van der Waals surface area contributed by atoms with Gasteiger partial charge in [-0.1, -0.05) is 17.7 Å². The number of nitrogens with one attached hydrogen (secondary N) is 2. The molecule has 0 saturated carbocycles. The number of fused-ring (bicyclic) bond motifs is 2. The fraction of sp³-hybridized carbons (Fsp3) is 0.176. The molecule has 0 atom stereocenters. The van der Waals surface area contributed by atoms with Crippen LogP contribution < -0.4 is 29.7 Å². The zero-order valence-electron chi connectivity index (χ0n) is 13.5. The lowest BCUT2D eigenvalue weighted by Gasteiger charge is -2.07. The highest BCUT2D eigenvalue weighted by Crippen LogP contribution is 2.39. The van der Waals surface area contributed by atoms with Gasteiger partial charge in [-0.15, -0.1) is 0 Å². The van der Waals surface area contributed by atoms with E-state index >= 15 is 0 Å². The first-order chi connectivity index (χ1) is 12.7. The van der Waals surface area contributed by atoms with E-state index in [1.165, 1.54) is 0 Å². The van der Waals surface area contributed by atoms with E-state index in [-0.39, 0.29) is 13.6 Å². The van der Waals surface area contributed by atoms with Gasteiger partial charge in [-0.25, -0.2) is 0 Å². The first kappa shape index (κ1) is 16.7. The molecule has 134 valence electrons. The van der Waals surface area contributed by atoms with E-state index in [4.69, 9.17) is 42.8 Å². The number of thiocarbonyl (C=S) groups is 1. The highest BCUT2D eigenvalue weighted by atomic mass is 35.5. The molecule has 2 aliphatic rings. The second-order valence-corrected chi connectivity index (χ2v) is 6.29. The standard InChI is InChI=1S/C17H14ClN3O4S/c18-12-3-11(5-15-16(12)25-9-24-15)7-20-21-17(26)19-6-10-1-2-13-14(4-10)23-8-22-13/h1-5,7H,6,8-9H2,(H2,19,21,26)/b20-7-. The average molecular weight is 392 g/mol. The largest absolute Gasteiger partial charge is 0.454 e. The normalized spacial score (nSPS) is 13.9. The molecule has 7 nitrogen and oxygen atoms in total. The summed E-state index contributed by atoms with van der Waals surface area (Å²) >= 11 is 11.3. The number of rotatable bonds is 4. The summed E-state index contributed by atoms with van der Waals surface area (Å²) in [6, 6.07) is 9.26. The van der Waals surface area contributed by atoms with E-state index in [9.17, 15) is 0 Å². The molecular formula is C17H14ClN3O4S. The van der Waals surface area contributed by atoms with Gasteiger partial charge < -0.3 is 24.3 Å². The van der Waals surface area contributed by atoms with Crippen LogP contribution in [-0.4, -0.2) is 24.9 Å². The van der Waals surface area contributed by atoms with Crippen molar-refractivity contribution in [1.29, 1.82) is 0 Å². The Kier molecular flexibility index (Phi) is 4.68. The van der Waals surface area contributed by atoms with E-state index in [0.29, 0.717) is 28.2 Å². The summed E-state index contributed by atoms with van der Waals surface area (Å²) in [5.74, 6) is 2.64. The number of halogens is 1. The van der Waals surface area contributed by atoms with Gasteiger partial charge in [-0.3, -0.25) is 5.43 Å². The van der Waals surface area contributed by atoms with E-state index < -0.39 is 0 Å². The molecule has 0 aromatic heterocycles. The lowest BCUT2D eigenvalue weighted by Crippen LogP contribution is -2.31. The van der Waals surface area contributed by atoms with Gasteiger partial charge in [0, 0.05) is 6.54 Å². The van der Waals surface area contributed by atoms with E-state index in [2.05, 4.69) is 15.8 Å². The zero-order chi connectivity index (χ0) is 17.9. The van der Waals surface area contributed by atoms with Gasteiger partial charge >= 0.3 is 0 Å². The van der Waals surface area contributed by atoms with Crippen LogP contribution >= 0.6 is 23.8 Å². The van der Waals surface area contributed by atoms with Crippen LogP contribution in [0, 0.1) is 0 Å². The molecule has 4 rings (SSSR count). The second-order valence-electron chi connectivity index (χ2n) is 5.48. The molecule has 0 amide bonds. The van der Waals surface area contributed by atoms with Crippen LogP contribution in [0.3, 0.4) is 0 Å². The Balaban J connectivity index is 1.30. The summed E-state index contributed by atoms with van der Waals surface area (Å²) in [5.41, 5.74) is 4.55. The maximum Gasteiger partial charge on any atom is 0.231 e. The van der Waals surface area contributed by atoms with Crippen molar-refractivity contribution < 1.29 is 18.9 Å². The lowest BCUT2D eigenvalue weighted by atomic mass is 10.2. The van der Waals surface area contributed by atoms with Crippen molar-refractivity contribution in [2.45, 2.75) is 6.54 Å². The van der Waals surface area contributed by atoms with Crippen molar-refractivity contribution in [3.63, 3.8) is 0 Å². The summed E-state index contributed by atoms with van der Waals surface area (Å²) < 4.78 is 21.2. The van der Waals surface area contributed by atoms with Gasteiger partial charge in [0.1, 0.15) is 0 Å². The van der Waals surface area contributed by atoms with Crippen LogP contribution in [0.5, 0.6) is 23.0 Å². The SMILES string of the molecule is S=C(NCc1ccc2c(c1)OCO2)N/N=C\c1cc(Cl)c2c(c1)OCO2. The Hall–Kier alpha value is -2.71. The van der Waals surface area contributed by atoms with E-state index in [0.717, 1.165) is 22.6 Å². The van der Waals surface area contributed by atoms with Gasteiger partial charge in [0.2, 0.25) is 13.6 Å². The first-order valence-corrected chi connectivity index (χ1v) is 8.52. The molecule has 2 aromatic rings.